The van der Waals surface area contributed by atoms with E-state index in [9.17, 15) is 5.11 Å². The van der Waals surface area contributed by atoms with Crippen LogP contribution in [0, 0.1) is 5.92 Å². The van der Waals surface area contributed by atoms with Gasteiger partial charge in [0.05, 0.1) is 0 Å². The van der Waals surface area contributed by atoms with Gasteiger partial charge in [0.25, 0.3) is 0 Å². The zero-order valence-corrected chi connectivity index (χ0v) is 13.2. The van der Waals surface area contributed by atoms with E-state index in [0.717, 1.165) is 37.5 Å². The Morgan fingerprint density at radius 2 is 2.05 bits per heavy atom. The number of anilines is 1. The maximum atomic E-state index is 9.24. The molecule has 0 aliphatic carbocycles. The van der Waals surface area contributed by atoms with E-state index in [1.165, 1.54) is 11.3 Å². The molecule has 1 aromatic carbocycles. The fourth-order valence-electron chi connectivity index (χ4n) is 2.67. The predicted molar refractivity (Wildman–Crippen MR) is 85.5 cm³/mol. The van der Waals surface area contributed by atoms with E-state index in [1.54, 1.807) is 0 Å². The summed E-state index contributed by atoms with van der Waals surface area (Å²) in [6, 6.07) is 6.61. The smallest absolute Gasteiger partial charge is 0.0460 e. The fourth-order valence-corrected chi connectivity index (χ4v) is 2.87. The molecule has 0 radical (unpaired) electrons. The largest absolute Gasteiger partial charge is 0.396 e. The molecule has 1 heterocycles. The van der Waals surface area contributed by atoms with Crippen LogP contribution in [0.4, 0.5) is 5.69 Å². The standard InChI is InChI=1S/C16H25ClN2O/c1-12(2)18-10-14-9-15(17)3-4-16(14)19-7-5-13(11-20)6-8-19/h3-4,9,12-13,18,20H,5-8,10-11H2,1-2H3. The Labute approximate surface area is 126 Å². The highest BCUT2D eigenvalue weighted by Gasteiger charge is 2.20. The number of benzene rings is 1. The molecule has 1 saturated heterocycles. The van der Waals surface area contributed by atoms with Crippen molar-refractivity contribution in [3.05, 3.63) is 28.8 Å². The van der Waals surface area contributed by atoms with Gasteiger partial charge in [0.2, 0.25) is 0 Å². The minimum Gasteiger partial charge on any atom is -0.396 e. The highest BCUT2D eigenvalue weighted by atomic mass is 35.5. The van der Waals surface area contributed by atoms with E-state index in [-0.39, 0.29) is 0 Å². The van der Waals surface area contributed by atoms with Crippen LogP contribution in [0.1, 0.15) is 32.3 Å². The van der Waals surface area contributed by atoms with Crippen LogP contribution in [0.3, 0.4) is 0 Å². The molecule has 0 aromatic heterocycles. The van der Waals surface area contributed by atoms with Gasteiger partial charge < -0.3 is 15.3 Å². The second-order valence-corrected chi connectivity index (χ2v) is 6.36. The minimum atomic E-state index is 0.316. The van der Waals surface area contributed by atoms with Crippen molar-refractivity contribution in [2.75, 3.05) is 24.6 Å². The van der Waals surface area contributed by atoms with Gasteiger partial charge in [0.1, 0.15) is 0 Å². The Balaban J connectivity index is 2.10. The van der Waals surface area contributed by atoms with Gasteiger partial charge in [-0.2, -0.15) is 0 Å². The van der Waals surface area contributed by atoms with Gasteiger partial charge in [-0.3, -0.25) is 0 Å². The molecular weight excluding hydrogens is 272 g/mol. The van der Waals surface area contributed by atoms with Crippen LogP contribution in [-0.4, -0.2) is 30.8 Å². The number of hydrogen-bond acceptors (Lipinski definition) is 3. The summed E-state index contributed by atoms with van der Waals surface area (Å²) in [6.07, 6.45) is 2.13. The van der Waals surface area contributed by atoms with Crippen molar-refractivity contribution in [3.63, 3.8) is 0 Å². The molecule has 20 heavy (non-hydrogen) atoms. The molecule has 0 unspecified atom stereocenters. The van der Waals surface area contributed by atoms with Crippen molar-refractivity contribution < 1.29 is 5.11 Å². The second-order valence-electron chi connectivity index (χ2n) is 5.92. The third-order valence-corrected chi connectivity index (χ3v) is 4.19. The van der Waals surface area contributed by atoms with Crippen LogP contribution < -0.4 is 10.2 Å². The van der Waals surface area contributed by atoms with Crippen molar-refractivity contribution in [1.82, 2.24) is 5.32 Å². The summed E-state index contributed by atoms with van der Waals surface area (Å²) < 4.78 is 0. The third-order valence-electron chi connectivity index (χ3n) is 3.96. The molecule has 0 spiro atoms. The number of hydrogen-bond donors (Lipinski definition) is 2. The van der Waals surface area contributed by atoms with Gasteiger partial charge in [-0.15, -0.1) is 0 Å². The van der Waals surface area contributed by atoms with Crippen LogP contribution in [0.25, 0.3) is 0 Å². The first-order valence-electron chi connectivity index (χ1n) is 7.47. The predicted octanol–water partition coefficient (Wildman–Crippen LogP) is 3.05. The summed E-state index contributed by atoms with van der Waals surface area (Å²) in [4.78, 5) is 2.42. The topological polar surface area (TPSA) is 35.5 Å². The lowest BCUT2D eigenvalue weighted by molar-refractivity contribution is 0.203. The van der Waals surface area contributed by atoms with E-state index < -0.39 is 0 Å². The number of aliphatic hydroxyl groups excluding tert-OH is 1. The minimum absolute atomic E-state index is 0.316. The third kappa shape index (κ3) is 4.11. The molecule has 1 aromatic rings. The van der Waals surface area contributed by atoms with E-state index in [2.05, 4.69) is 36.2 Å². The maximum absolute atomic E-state index is 9.24. The van der Waals surface area contributed by atoms with Gasteiger partial charge >= 0.3 is 0 Å². The van der Waals surface area contributed by atoms with Gasteiger partial charge in [-0.05, 0) is 42.5 Å². The van der Waals surface area contributed by atoms with Crippen LogP contribution in [0.5, 0.6) is 0 Å². The molecule has 0 amide bonds. The Kier molecular flexibility index (Phi) is 5.70. The first-order chi connectivity index (χ1) is 9.60. The summed E-state index contributed by atoms with van der Waals surface area (Å²) in [7, 11) is 0. The number of nitrogens with one attached hydrogen (secondary N) is 1. The van der Waals surface area contributed by atoms with E-state index in [1.807, 2.05) is 6.07 Å². The molecule has 2 rings (SSSR count). The first kappa shape index (κ1) is 15.6. The lowest BCUT2D eigenvalue weighted by Gasteiger charge is -2.34. The first-order valence-corrected chi connectivity index (χ1v) is 7.85. The van der Waals surface area contributed by atoms with Crippen LogP contribution in [0.2, 0.25) is 5.02 Å². The lowest BCUT2D eigenvalue weighted by Crippen LogP contribution is -2.35. The fraction of sp³-hybridized carbons (Fsp3) is 0.625. The number of piperidine rings is 1. The van der Waals surface area contributed by atoms with Gasteiger partial charge in [0.15, 0.2) is 0 Å². The molecule has 4 heteroatoms. The van der Waals surface area contributed by atoms with E-state index >= 15 is 0 Å². The molecule has 1 aliphatic heterocycles. The maximum Gasteiger partial charge on any atom is 0.0460 e. The van der Waals surface area contributed by atoms with Crippen LogP contribution in [0.15, 0.2) is 18.2 Å². The zero-order valence-electron chi connectivity index (χ0n) is 12.4. The second kappa shape index (κ2) is 7.30. The van der Waals surface area contributed by atoms with Gasteiger partial charge in [0, 0.05) is 43.0 Å². The molecule has 1 fully saturated rings. The normalized spacial score (nSPS) is 16.9. The average Bonchev–Trinajstić information content (AvgIpc) is 2.45. The molecule has 1 aliphatic rings. The number of rotatable bonds is 5. The summed E-state index contributed by atoms with van der Waals surface area (Å²) in [6.45, 7) is 7.49. The Hall–Kier alpha value is -0.770. The van der Waals surface area contributed by atoms with E-state index in [4.69, 9.17) is 11.6 Å². The SMILES string of the molecule is CC(C)NCc1cc(Cl)ccc1N1CCC(CO)CC1. The zero-order chi connectivity index (χ0) is 14.5. The van der Waals surface area contributed by atoms with Gasteiger partial charge in [-0.25, -0.2) is 0 Å². The molecule has 112 valence electrons. The average molecular weight is 297 g/mol. The number of halogens is 1. The van der Waals surface area contributed by atoms with Crippen molar-refractivity contribution in [3.8, 4) is 0 Å². The van der Waals surface area contributed by atoms with Crippen LogP contribution in [-0.2, 0) is 6.54 Å². The molecule has 3 nitrogen and oxygen atoms in total. The Morgan fingerprint density at radius 3 is 2.65 bits per heavy atom. The lowest BCUT2D eigenvalue weighted by atomic mass is 9.97. The summed E-state index contributed by atoms with van der Waals surface area (Å²) in [5.74, 6) is 0.468. The summed E-state index contributed by atoms with van der Waals surface area (Å²) >= 11 is 6.14. The monoisotopic (exact) mass is 296 g/mol. The quantitative estimate of drug-likeness (QED) is 0.877. The van der Waals surface area contributed by atoms with Crippen LogP contribution >= 0.6 is 11.6 Å². The van der Waals surface area contributed by atoms with Gasteiger partial charge in [-0.1, -0.05) is 25.4 Å². The molecule has 0 saturated carbocycles. The highest BCUT2D eigenvalue weighted by molar-refractivity contribution is 6.30. The summed E-state index contributed by atoms with van der Waals surface area (Å²) in [5, 5.41) is 13.5. The molecule has 0 bridgehead atoms. The van der Waals surface area contributed by atoms with Crippen molar-refractivity contribution >= 4 is 17.3 Å². The summed E-state index contributed by atoms with van der Waals surface area (Å²) in [5.41, 5.74) is 2.53. The number of nitrogens with zero attached hydrogens (tertiary/aromatic N) is 1. The highest BCUT2D eigenvalue weighted by Crippen LogP contribution is 2.28. The molecular formula is C16H25ClN2O. The van der Waals surface area contributed by atoms with Crippen molar-refractivity contribution in [2.45, 2.75) is 39.3 Å². The van der Waals surface area contributed by atoms with E-state index in [0.29, 0.717) is 18.6 Å². The van der Waals surface area contributed by atoms with Crippen molar-refractivity contribution in [2.24, 2.45) is 5.92 Å². The Morgan fingerprint density at radius 1 is 1.35 bits per heavy atom. The molecule has 0 atom stereocenters. The molecule has 2 N–H and O–H groups in total. The Bertz CT molecular complexity index is 428. The number of aliphatic hydroxyl groups is 1. The van der Waals surface area contributed by atoms with Crippen molar-refractivity contribution in [1.29, 1.82) is 0 Å².